The Kier molecular flexibility index (Phi) is 4.61. The Balaban J connectivity index is 1.55. The average Bonchev–Trinajstić information content (AvgIpc) is 3.18. The number of fused-ring (bicyclic) bond motifs is 2. The van der Waals surface area contributed by atoms with E-state index >= 15 is 0 Å². The third kappa shape index (κ3) is 2.93. The van der Waals surface area contributed by atoms with Crippen molar-refractivity contribution >= 4 is 40.6 Å². The van der Waals surface area contributed by atoms with Crippen LogP contribution in [0.1, 0.15) is 51.4 Å². The number of amides is 2. The van der Waals surface area contributed by atoms with Gasteiger partial charge in [-0.05, 0) is 38.5 Å². The molecule has 4 unspecified atom stereocenters. The number of hydrogen-bond acceptors (Lipinski definition) is 5. The summed E-state index contributed by atoms with van der Waals surface area (Å²) in [5.41, 5.74) is 1.21. The van der Waals surface area contributed by atoms with Gasteiger partial charge in [0.05, 0.1) is 16.7 Å². The molecular weight excluding hydrogens is 379 g/mol. The Bertz CT molecular complexity index is 908. The van der Waals surface area contributed by atoms with Crippen LogP contribution in [0.3, 0.4) is 0 Å². The normalized spacial score (nSPS) is 30.8. The predicted octanol–water partition coefficient (Wildman–Crippen LogP) is 4.01. The van der Waals surface area contributed by atoms with Crippen LogP contribution in [-0.2, 0) is 9.59 Å². The van der Waals surface area contributed by atoms with Crippen LogP contribution in [0.5, 0.6) is 0 Å². The molecule has 3 heterocycles. The molecule has 2 amide bonds. The Morgan fingerprint density at radius 3 is 2.43 bits per heavy atom. The van der Waals surface area contributed by atoms with E-state index in [0.717, 1.165) is 43.4 Å². The standard InChI is InChI=1S/C20H23FN4O2S/c21-11-4-3-5-12(10-11)28-16-15-17(23-9-8-22-15)24-18(16)25-19(26)13-6-1-2-7-14(13)20(25)27/h8-9,11-14H,1-7,10H2,(H,23,24). The van der Waals surface area contributed by atoms with Crippen LogP contribution in [0.25, 0.3) is 11.2 Å². The zero-order chi connectivity index (χ0) is 19.3. The maximum atomic E-state index is 13.9. The molecule has 0 aromatic carbocycles. The van der Waals surface area contributed by atoms with Gasteiger partial charge in [0.2, 0.25) is 11.8 Å². The van der Waals surface area contributed by atoms with Crippen LogP contribution in [0.4, 0.5) is 10.2 Å². The van der Waals surface area contributed by atoms with Crippen LogP contribution in [0.2, 0.25) is 0 Å². The first kappa shape index (κ1) is 18.1. The largest absolute Gasteiger partial charge is 0.323 e. The lowest BCUT2D eigenvalue weighted by Gasteiger charge is -2.24. The Labute approximate surface area is 166 Å². The molecule has 1 N–H and O–H groups in total. The number of carbonyl (C=O) groups is 2. The zero-order valence-corrected chi connectivity index (χ0v) is 16.4. The molecule has 6 nitrogen and oxygen atoms in total. The van der Waals surface area contributed by atoms with Gasteiger partial charge in [0.25, 0.3) is 0 Å². The van der Waals surface area contributed by atoms with Crippen LogP contribution < -0.4 is 4.90 Å². The van der Waals surface area contributed by atoms with Crippen molar-refractivity contribution in [3.05, 3.63) is 12.4 Å². The smallest absolute Gasteiger partial charge is 0.238 e. The summed E-state index contributed by atoms with van der Waals surface area (Å²) in [6, 6.07) is 0. The summed E-state index contributed by atoms with van der Waals surface area (Å²) in [7, 11) is 0. The van der Waals surface area contributed by atoms with Gasteiger partial charge in [-0.25, -0.2) is 14.3 Å². The van der Waals surface area contributed by atoms with Crippen molar-refractivity contribution < 1.29 is 14.0 Å². The van der Waals surface area contributed by atoms with Crippen LogP contribution in [-0.4, -0.2) is 38.2 Å². The first-order valence-electron chi connectivity index (χ1n) is 10.1. The number of rotatable bonds is 3. The first-order valence-corrected chi connectivity index (χ1v) is 11.0. The van der Waals surface area contributed by atoms with E-state index in [-0.39, 0.29) is 28.9 Å². The van der Waals surface area contributed by atoms with E-state index in [1.807, 2.05) is 0 Å². The fraction of sp³-hybridized carbons (Fsp3) is 0.600. The second kappa shape index (κ2) is 7.13. The number of halogens is 1. The summed E-state index contributed by atoms with van der Waals surface area (Å²) in [5, 5.41) is 0.110. The highest BCUT2D eigenvalue weighted by molar-refractivity contribution is 8.00. The molecule has 3 aliphatic rings. The first-order chi connectivity index (χ1) is 13.6. The molecule has 0 spiro atoms. The molecule has 28 heavy (non-hydrogen) atoms. The Morgan fingerprint density at radius 2 is 1.71 bits per heavy atom. The van der Waals surface area contributed by atoms with Gasteiger partial charge in [-0.2, -0.15) is 0 Å². The SMILES string of the molecule is O=C1C2CCCCC2C(=O)N1c1[nH]c2nccnc2c1SC1CCCC(F)C1. The summed E-state index contributed by atoms with van der Waals surface area (Å²) < 4.78 is 13.9. The molecule has 2 aliphatic carbocycles. The second-order valence-electron chi connectivity index (χ2n) is 8.07. The fourth-order valence-electron chi connectivity index (χ4n) is 4.89. The van der Waals surface area contributed by atoms with Crippen LogP contribution >= 0.6 is 11.8 Å². The van der Waals surface area contributed by atoms with Crippen molar-refractivity contribution in [2.45, 2.75) is 67.7 Å². The number of carbonyl (C=O) groups excluding carboxylic acids is 2. The molecule has 8 heteroatoms. The lowest BCUT2D eigenvalue weighted by molar-refractivity contribution is -0.122. The number of anilines is 1. The molecule has 148 valence electrons. The van der Waals surface area contributed by atoms with Crippen LogP contribution in [0, 0.1) is 11.8 Å². The lowest BCUT2D eigenvalue weighted by atomic mass is 9.81. The maximum absolute atomic E-state index is 13.9. The van der Waals surface area contributed by atoms with E-state index in [0.29, 0.717) is 29.8 Å². The van der Waals surface area contributed by atoms with Gasteiger partial charge in [0, 0.05) is 17.6 Å². The monoisotopic (exact) mass is 402 g/mol. The maximum Gasteiger partial charge on any atom is 0.238 e. The number of nitrogens with one attached hydrogen (secondary N) is 1. The third-order valence-electron chi connectivity index (χ3n) is 6.28. The number of nitrogens with zero attached hydrogens (tertiary/aromatic N) is 3. The van der Waals surface area contributed by atoms with E-state index in [4.69, 9.17) is 0 Å². The summed E-state index contributed by atoms with van der Waals surface area (Å²) in [6.45, 7) is 0. The second-order valence-corrected chi connectivity index (χ2v) is 9.38. The van der Waals surface area contributed by atoms with Crippen molar-refractivity contribution in [1.82, 2.24) is 15.0 Å². The summed E-state index contributed by atoms with van der Waals surface area (Å²) in [6.07, 6.45) is 8.82. The quantitative estimate of drug-likeness (QED) is 0.785. The molecule has 0 bridgehead atoms. The molecule has 1 aliphatic heterocycles. The highest BCUT2D eigenvalue weighted by atomic mass is 32.2. The van der Waals surface area contributed by atoms with Gasteiger partial charge in [0.15, 0.2) is 5.65 Å². The van der Waals surface area contributed by atoms with Gasteiger partial charge in [-0.3, -0.25) is 14.6 Å². The minimum absolute atomic E-state index is 0.110. The van der Waals surface area contributed by atoms with Gasteiger partial charge in [-0.15, -0.1) is 11.8 Å². The van der Waals surface area contributed by atoms with Gasteiger partial charge >= 0.3 is 0 Å². The Morgan fingerprint density at radius 1 is 1.00 bits per heavy atom. The van der Waals surface area contributed by atoms with Gasteiger partial charge in [-0.1, -0.05) is 12.8 Å². The highest BCUT2D eigenvalue weighted by Gasteiger charge is 2.50. The van der Waals surface area contributed by atoms with Crippen molar-refractivity contribution in [2.75, 3.05) is 4.90 Å². The van der Waals surface area contributed by atoms with E-state index in [1.165, 1.54) is 16.7 Å². The summed E-state index contributed by atoms with van der Waals surface area (Å²) in [4.78, 5) is 40.2. The number of hydrogen-bond donors (Lipinski definition) is 1. The minimum atomic E-state index is -0.788. The van der Waals surface area contributed by atoms with Crippen LogP contribution in [0.15, 0.2) is 17.3 Å². The predicted molar refractivity (Wildman–Crippen MR) is 105 cm³/mol. The Hall–Kier alpha value is -1.96. The molecule has 2 saturated carbocycles. The molecule has 2 aromatic heterocycles. The number of H-pyrrole nitrogens is 1. The molecule has 4 atom stereocenters. The van der Waals surface area contributed by atoms with Crippen molar-refractivity contribution in [3.8, 4) is 0 Å². The van der Waals surface area contributed by atoms with Gasteiger partial charge in [0.1, 0.15) is 17.5 Å². The van der Waals surface area contributed by atoms with Crippen molar-refractivity contribution in [3.63, 3.8) is 0 Å². The number of alkyl halides is 1. The summed E-state index contributed by atoms with van der Waals surface area (Å²) >= 11 is 1.54. The molecule has 3 fully saturated rings. The molecule has 2 aromatic rings. The number of imide groups is 1. The van der Waals surface area contributed by atoms with Gasteiger partial charge < -0.3 is 4.98 Å². The zero-order valence-electron chi connectivity index (χ0n) is 15.6. The van der Waals surface area contributed by atoms with E-state index in [1.54, 1.807) is 12.4 Å². The topological polar surface area (TPSA) is 79.0 Å². The molecule has 5 rings (SSSR count). The average molecular weight is 402 g/mol. The number of aromatic nitrogens is 3. The van der Waals surface area contributed by atoms with Crippen molar-refractivity contribution in [1.29, 1.82) is 0 Å². The third-order valence-corrected chi connectivity index (χ3v) is 7.66. The van der Waals surface area contributed by atoms with Crippen molar-refractivity contribution in [2.24, 2.45) is 11.8 Å². The lowest BCUT2D eigenvalue weighted by Crippen LogP contribution is -2.31. The van der Waals surface area contributed by atoms with E-state index in [9.17, 15) is 14.0 Å². The molecule has 0 radical (unpaired) electrons. The number of aromatic amines is 1. The summed E-state index contributed by atoms with van der Waals surface area (Å²) in [5.74, 6) is -0.172. The molecular formula is C20H23FN4O2S. The van der Waals surface area contributed by atoms with E-state index < -0.39 is 6.17 Å². The highest BCUT2D eigenvalue weighted by Crippen LogP contribution is 2.46. The van der Waals surface area contributed by atoms with E-state index in [2.05, 4.69) is 15.0 Å². The fourth-order valence-corrected chi connectivity index (χ4v) is 6.33. The molecule has 1 saturated heterocycles. The minimum Gasteiger partial charge on any atom is -0.323 e. The number of thioether (sulfide) groups is 1.